The fourth-order valence-electron chi connectivity index (χ4n) is 2.93. The van der Waals surface area contributed by atoms with Gasteiger partial charge in [-0.1, -0.05) is 31.2 Å². The maximum Gasteiger partial charge on any atom is 0.231 e. The fraction of sp³-hybridized carbons (Fsp3) is 0.350. The molecule has 2 aromatic rings. The predicted molar refractivity (Wildman–Crippen MR) is 97.9 cm³/mol. The first-order valence-electron chi connectivity index (χ1n) is 8.40. The lowest BCUT2D eigenvalue weighted by Gasteiger charge is -2.24. The van der Waals surface area contributed by atoms with E-state index < -0.39 is 0 Å². The largest absolute Gasteiger partial charge is 0.491 e. The van der Waals surface area contributed by atoms with E-state index in [1.807, 2.05) is 56.0 Å². The average molecular weight is 324 g/mol. The molecule has 1 unspecified atom stereocenters. The van der Waals surface area contributed by atoms with Crippen LogP contribution in [0.5, 0.6) is 5.75 Å². The molecular formula is C20H24N2O2. The van der Waals surface area contributed by atoms with Crippen molar-refractivity contribution in [1.82, 2.24) is 0 Å². The fourth-order valence-corrected chi connectivity index (χ4v) is 2.93. The van der Waals surface area contributed by atoms with Crippen LogP contribution in [0.2, 0.25) is 0 Å². The first kappa shape index (κ1) is 16.4. The standard InChI is InChI=1S/C20H24N2O2/c1-14-8-9-15(2)19(12-14)24-11-10-22-18-7-5-4-6-17(18)21-13-16(3)20(22)23/h4-9,12,16,21H,10-11,13H2,1-3H3. The molecule has 4 heteroatoms. The topological polar surface area (TPSA) is 41.6 Å². The molecule has 24 heavy (non-hydrogen) atoms. The van der Waals surface area contributed by atoms with Gasteiger partial charge in [0, 0.05) is 6.54 Å². The monoisotopic (exact) mass is 324 g/mol. The normalized spacial score (nSPS) is 17.0. The molecule has 0 aromatic heterocycles. The van der Waals surface area contributed by atoms with Gasteiger partial charge in [-0.15, -0.1) is 0 Å². The molecule has 3 rings (SSSR count). The molecule has 1 heterocycles. The molecule has 0 radical (unpaired) electrons. The second-order valence-electron chi connectivity index (χ2n) is 6.41. The zero-order valence-electron chi connectivity index (χ0n) is 14.5. The minimum absolute atomic E-state index is 0.0573. The maximum absolute atomic E-state index is 12.7. The van der Waals surface area contributed by atoms with Crippen LogP contribution in [-0.4, -0.2) is 25.6 Å². The van der Waals surface area contributed by atoms with Crippen LogP contribution >= 0.6 is 0 Å². The molecule has 0 spiro atoms. The molecule has 1 atom stereocenters. The van der Waals surface area contributed by atoms with Crippen molar-refractivity contribution in [1.29, 1.82) is 0 Å². The third-order valence-electron chi connectivity index (χ3n) is 4.40. The van der Waals surface area contributed by atoms with E-state index in [0.717, 1.165) is 22.7 Å². The second-order valence-corrected chi connectivity index (χ2v) is 6.41. The summed E-state index contributed by atoms with van der Waals surface area (Å²) < 4.78 is 5.95. The third kappa shape index (κ3) is 3.37. The van der Waals surface area contributed by atoms with Crippen LogP contribution in [-0.2, 0) is 4.79 Å². The summed E-state index contributed by atoms with van der Waals surface area (Å²) in [5, 5.41) is 3.36. The smallest absolute Gasteiger partial charge is 0.231 e. The summed E-state index contributed by atoms with van der Waals surface area (Å²) >= 11 is 0. The number of hydrogen-bond donors (Lipinski definition) is 1. The first-order valence-corrected chi connectivity index (χ1v) is 8.40. The second kappa shape index (κ2) is 6.95. The lowest BCUT2D eigenvalue weighted by Crippen LogP contribution is -2.38. The van der Waals surface area contributed by atoms with Gasteiger partial charge in [0.05, 0.1) is 23.8 Å². The highest BCUT2D eigenvalue weighted by Gasteiger charge is 2.27. The van der Waals surface area contributed by atoms with E-state index in [2.05, 4.69) is 17.4 Å². The Hall–Kier alpha value is -2.49. The zero-order chi connectivity index (χ0) is 17.1. The van der Waals surface area contributed by atoms with Gasteiger partial charge in [0.2, 0.25) is 5.91 Å². The maximum atomic E-state index is 12.7. The van der Waals surface area contributed by atoms with Crippen LogP contribution < -0.4 is 15.0 Å². The van der Waals surface area contributed by atoms with Crippen molar-refractivity contribution < 1.29 is 9.53 Å². The number of hydrogen-bond acceptors (Lipinski definition) is 3. The number of carbonyl (C=O) groups excluding carboxylic acids is 1. The van der Waals surface area contributed by atoms with Crippen molar-refractivity contribution in [2.45, 2.75) is 20.8 Å². The lowest BCUT2D eigenvalue weighted by molar-refractivity contribution is -0.121. The Morgan fingerprint density at radius 3 is 2.83 bits per heavy atom. The van der Waals surface area contributed by atoms with Crippen molar-refractivity contribution >= 4 is 17.3 Å². The number of rotatable bonds is 4. The van der Waals surface area contributed by atoms with Crippen LogP contribution in [0.3, 0.4) is 0 Å². The lowest BCUT2D eigenvalue weighted by atomic mass is 10.1. The summed E-state index contributed by atoms with van der Waals surface area (Å²) in [6, 6.07) is 14.1. The molecule has 0 fully saturated rings. The summed E-state index contributed by atoms with van der Waals surface area (Å²) in [6.45, 7) is 7.71. The number of nitrogens with one attached hydrogen (secondary N) is 1. The molecule has 2 aromatic carbocycles. The molecule has 0 saturated heterocycles. The van der Waals surface area contributed by atoms with E-state index in [1.165, 1.54) is 5.56 Å². The molecule has 4 nitrogen and oxygen atoms in total. The Bertz CT molecular complexity index is 742. The molecule has 1 N–H and O–H groups in total. The average Bonchev–Trinajstić information content (AvgIpc) is 2.70. The van der Waals surface area contributed by atoms with Gasteiger partial charge in [0.1, 0.15) is 12.4 Å². The van der Waals surface area contributed by atoms with Crippen LogP contribution in [0.4, 0.5) is 11.4 Å². The van der Waals surface area contributed by atoms with Gasteiger partial charge in [-0.25, -0.2) is 0 Å². The van der Waals surface area contributed by atoms with Crippen molar-refractivity contribution in [3.8, 4) is 5.75 Å². The summed E-state index contributed by atoms with van der Waals surface area (Å²) in [5.41, 5.74) is 4.21. The van der Waals surface area contributed by atoms with Gasteiger partial charge in [-0.3, -0.25) is 4.79 Å². The molecule has 1 aliphatic rings. The molecule has 0 saturated carbocycles. The van der Waals surface area contributed by atoms with Gasteiger partial charge >= 0.3 is 0 Å². The number of benzene rings is 2. The molecule has 1 amide bonds. The highest BCUT2D eigenvalue weighted by molar-refractivity contribution is 5.99. The highest BCUT2D eigenvalue weighted by atomic mass is 16.5. The Labute approximate surface area is 143 Å². The number of amides is 1. The Morgan fingerprint density at radius 1 is 1.21 bits per heavy atom. The van der Waals surface area contributed by atoms with Crippen LogP contribution in [0.25, 0.3) is 0 Å². The Kier molecular flexibility index (Phi) is 4.74. The van der Waals surface area contributed by atoms with Gasteiger partial charge in [-0.05, 0) is 43.2 Å². The van der Waals surface area contributed by atoms with E-state index in [9.17, 15) is 4.79 Å². The SMILES string of the molecule is Cc1ccc(C)c(OCCN2C(=O)C(C)CNc3ccccc32)c1. The Balaban J connectivity index is 1.75. The van der Waals surface area contributed by atoms with Gasteiger partial charge in [0.15, 0.2) is 0 Å². The third-order valence-corrected chi connectivity index (χ3v) is 4.40. The molecular weight excluding hydrogens is 300 g/mol. The summed E-state index contributed by atoms with van der Waals surface area (Å²) in [4.78, 5) is 14.5. The minimum Gasteiger partial charge on any atom is -0.491 e. The molecule has 126 valence electrons. The number of para-hydroxylation sites is 2. The van der Waals surface area contributed by atoms with E-state index in [1.54, 1.807) is 0 Å². The Morgan fingerprint density at radius 2 is 2.00 bits per heavy atom. The van der Waals surface area contributed by atoms with Gasteiger partial charge < -0.3 is 15.0 Å². The molecule has 1 aliphatic heterocycles. The van der Waals surface area contributed by atoms with Crippen molar-refractivity contribution in [3.63, 3.8) is 0 Å². The summed E-state index contributed by atoms with van der Waals surface area (Å²) in [5.74, 6) is 0.965. The number of aryl methyl sites for hydroxylation is 2. The molecule has 0 bridgehead atoms. The van der Waals surface area contributed by atoms with Gasteiger partial charge in [0.25, 0.3) is 0 Å². The highest BCUT2D eigenvalue weighted by Crippen LogP contribution is 2.30. The van der Waals surface area contributed by atoms with Crippen molar-refractivity contribution in [2.24, 2.45) is 5.92 Å². The van der Waals surface area contributed by atoms with Gasteiger partial charge in [-0.2, -0.15) is 0 Å². The summed E-state index contributed by atoms with van der Waals surface area (Å²) in [6.07, 6.45) is 0. The van der Waals surface area contributed by atoms with E-state index in [4.69, 9.17) is 4.74 Å². The van der Waals surface area contributed by atoms with E-state index in [0.29, 0.717) is 19.7 Å². The van der Waals surface area contributed by atoms with Crippen molar-refractivity contribution in [2.75, 3.05) is 29.9 Å². The number of nitrogens with zero attached hydrogens (tertiary/aromatic N) is 1. The van der Waals surface area contributed by atoms with E-state index in [-0.39, 0.29) is 11.8 Å². The summed E-state index contributed by atoms with van der Waals surface area (Å²) in [7, 11) is 0. The van der Waals surface area contributed by atoms with Crippen molar-refractivity contribution in [3.05, 3.63) is 53.6 Å². The van der Waals surface area contributed by atoms with Crippen LogP contribution in [0.1, 0.15) is 18.1 Å². The zero-order valence-corrected chi connectivity index (χ0v) is 14.5. The number of anilines is 2. The van der Waals surface area contributed by atoms with Crippen LogP contribution in [0, 0.1) is 19.8 Å². The predicted octanol–water partition coefficient (Wildman–Crippen LogP) is 3.78. The molecule has 0 aliphatic carbocycles. The number of fused-ring (bicyclic) bond motifs is 1. The van der Waals surface area contributed by atoms with Crippen LogP contribution in [0.15, 0.2) is 42.5 Å². The number of carbonyl (C=O) groups is 1. The van der Waals surface area contributed by atoms with E-state index >= 15 is 0 Å². The first-order chi connectivity index (χ1) is 11.6. The quantitative estimate of drug-likeness (QED) is 0.930. The minimum atomic E-state index is -0.0573. The number of ether oxygens (including phenoxy) is 1.